The fraction of sp³-hybridized carbons (Fsp3) is 0.176. The van der Waals surface area contributed by atoms with Crippen LogP contribution in [0.1, 0.15) is 21.5 Å². The maximum Gasteiger partial charge on any atom is 0.251 e. The van der Waals surface area contributed by atoms with E-state index in [2.05, 4.69) is 11.1 Å². The molecule has 1 heterocycles. The van der Waals surface area contributed by atoms with Gasteiger partial charge in [-0.05, 0) is 41.3 Å². The maximum atomic E-state index is 13.5. The Hall–Kier alpha value is -2.71. The van der Waals surface area contributed by atoms with Gasteiger partial charge in [0.2, 0.25) is 0 Å². The zero-order valence-electron chi connectivity index (χ0n) is 12.2. The van der Waals surface area contributed by atoms with Crippen LogP contribution in [0.15, 0.2) is 36.4 Å². The van der Waals surface area contributed by atoms with Crippen molar-refractivity contribution < 1.29 is 9.18 Å². The quantitative estimate of drug-likeness (QED) is 0.794. The average molecular weight is 297 g/mol. The lowest BCUT2D eigenvalue weighted by atomic mass is 9.99. The molecule has 0 saturated heterocycles. The van der Waals surface area contributed by atoms with Crippen LogP contribution in [0.4, 0.5) is 4.39 Å². The third-order valence-corrected chi connectivity index (χ3v) is 3.39. The number of hydrogen-bond acceptors (Lipinski definition) is 3. The molecular formula is C17H16FN3O. The molecule has 1 aliphatic heterocycles. The molecule has 22 heavy (non-hydrogen) atoms. The molecule has 2 aromatic carbocycles. The highest BCUT2D eigenvalue weighted by Gasteiger charge is 2.18. The number of halogens is 1. The molecule has 0 fully saturated rings. The number of carbonyl (C=O) groups is 1. The van der Waals surface area contributed by atoms with E-state index in [9.17, 15) is 9.18 Å². The molecule has 0 aromatic heterocycles. The number of nitrogens with zero attached hydrogens (tertiary/aromatic N) is 1. The van der Waals surface area contributed by atoms with Crippen molar-refractivity contribution in [2.75, 3.05) is 6.54 Å². The summed E-state index contributed by atoms with van der Waals surface area (Å²) in [6.07, 6.45) is 0. The number of nitrogens with one attached hydrogen (secondary N) is 1. The van der Waals surface area contributed by atoms with Crippen molar-refractivity contribution in [3.63, 3.8) is 0 Å². The molecule has 0 atom stereocenters. The highest BCUT2D eigenvalue weighted by atomic mass is 19.1. The maximum absolute atomic E-state index is 13.5. The number of aryl methyl sites for hydroxylation is 1. The fourth-order valence-corrected chi connectivity index (χ4v) is 2.16. The summed E-state index contributed by atoms with van der Waals surface area (Å²) in [4.78, 5) is 11.6. The molecular weight excluding hydrogens is 281 g/mol. The first kappa shape index (κ1) is 15.7. The minimum Gasteiger partial charge on any atom is -0.348 e. The Kier molecular flexibility index (Phi) is 4.87. The molecule has 0 spiro atoms. The monoisotopic (exact) mass is 297 g/mol. The van der Waals surface area contributed by atoms with Crippen LogP contribution < -0.4 is 11.1 Å². The zero-order valence-corrected chi connectivity index (χ0v) is 12.2. The van der Waals surface area contributed by atoms with Crippen molar-refractivity contribution >= 4 is 5.91 Å². The number of nitriles is 1. The Morgan fingerprint density at radius 3 is 2.55 bits per heavy atom. The van der Waals surface area contributed by atoms with Gasteiger partial charge < -0.3 is 11.1 Å². The van der Waals surface area contributed by atoms with Crippen molar-refractivity contribution in [2.45, 2.75) is 13.5 Å². The molecule has 1 amide bonds. The molecule has 2 aromatic rings. The molecule has 0 bridgehead atoms. The van der Waals surface area contributed by atoms with Gasteiger partial charge in [-0.15, -0.1) is 0 Å². The summed E-state index contributed by atoms with van der Waals surface area (Å²) >= 11 is 0. The van der Waals surface area contributed by atoms with Crippen LogP contribution in [0, 0.1) is 24.1 Å². The predicted octanol–water partition coefficient (Wildman–Crippen LogP) is 2.51. The lowest BCUT2D eigenvalue weighted by Crippen LogP contribution is -2.12. The van der Waals surface area contributed by atoms with Crippen molar-refractivity contribution in [1.29, 1.82) is 5.26 Å². The minimum atomic E-state index is -0.225. The fourth-order valence-electron chi connectivity index (χ4n) is 2.16. The van der Waals surface area contributed by atoms with Crippen LogP contribution in [0.3, 0.4) is 0 Å². The Labute approximate surface area is 128 Å². The topological polar surface area (TPSA) is 78.9 Å². The van der Waals surface area contributed by atoms with Gasteiger partial charge in [-0.25, -0.2) is 4.39 Å². The summed E-state index contributed by atoms with van der Waals surface area (Å²) in [5, 5.41) is 10.3. The number of carbonyl (C=O) groups excluding carboxylic acids is 1. The number of amides is 1. The average Bonchev–Trinajstić information content (AvgIpc) is 2.91. The predicted molar refractivity (Wildman–Crippen MR) is 82.4 cm³/mol. The van der Waals surface area contributed by atoms with Gasteiger partial charge >= 0.3 is 0 Å². The summed E-state index contributed by atoms with van der Waals surface area (Å²) in [5.41, 5.74) is 8.63. The number of nitrogens with two attached hydrogens (primary N) is 1. The Balaban J connectivity index is 0.000000396. The molecule has 3 rings (SSSR count). The van der Waals surface area contributed by atoms with Crippen LogP contribution >= 0.6 is 0 Å². The van der Waals surface area contributed by atoms with Gasteiger partial charge in [0.25, 0.3) is 5.91 Å². The number of fused-ring (bicyclic) bond motifs is 1. The van der Waals surface area contributed by atoms with Crippen LogP contribution in [-0.4, -0.2) is 12.5 Å². The van der Waals surface area contributed by atoms with Crippen LogP contribution in [0.25, 0.3) is 11.1 Å². The van der Waals surface area contributed by atoms with E-state index in [-0.39, 0.29) is 18.3 Å². The van der Waals surface area contributed by atoms with E-state index in [1.54, 1.807) is 19.1 Å². The number of rotatable bonds is 1. The van der Waals surface area contributed by atoms with Gasteiger partial charge in [0.15, 0.2) is 0 Å². The molecule has 3 N–H and O–H groups in total. The largest absolute Gasteiger partial charge is 0.348 e. The molecule has 0 aliphatic carbocycles. The van der Waals surface area contributed by atoms with E-state index >= 15 is 0 Å². The molecule has 0 unspecified atom stereocenters. The molecule has 0 radical (unpaired) electrons. The van der Waals surface area contributed by atoms with E-state index in [1.165, 1.54) is 6.07 Å². The summed E-state index contributed by atoms with van der Waals surface area (Å²) in [6.45, 7) is 2.44. The summed E-state index contributed by atoms with van der Waals surface area (Å²) < 4.78 is 13.5. The van der Waals surface area contributed by atoms with E-state index in [0.29, 0.717) is 17.7 Å². The number of benzene rings is 2. The van der Waals surface area contributed by atoms with Crippen molar-refractivity contribution in [3.8, 4) is 17.2 Å². The molecule has 4 nitrogen and oxygen atoms in total. The standard InChI is InChI=1S/C15H12FNO.C2H4N2/c1-9-2-3-11(7-14(9)16)10-4-5-12-8-17-15(18)13(12)6-10;3-1-2-4/h2-7H,8H2,1H3,(H,17,18);1,3H2. The van der Waals surface area contributed by atoms with Crippen LogP contribution in [0.5, 0.6) is 0 Å². The Morgan fingerprint density at radius 2 is 1.91 bits per heavy atom. The van der Waals surface area contributed by atoms with Crippen LogP contribution in [-0.2, 0) is 6.54 Å². The normalized spacial score (nSPS) is 11.8. The Morgan fingerprint density at radius 1 is 1.27 bits per heavy atom. The van der Waals surface area contributed by atoms with Gasteiger partial charge in [0.05, 0.1) is 12.6 Å². The molecule has 112 valence electrons. The SMILES string of the molecule is Cc1ccc(-c2ccc3c(c2)C(=O)NC3)cc1F.N#CCN. The lowest BCUT2D eigenvalue weighted by Gasteiger charge is -2.05. The Bertz CT molecular complexity index is 750. The second kappa shape index (κ2) is 6.83. The lowest BCUT2D eigenvalue weighted by molar-refractivity contribution is 0.0966. The van der Waals surface area contributed by atoms with E-state index in [1.807, 2.05) is 24.3 Å². The molecule has 1 aliphatic rings. The van der Waals surface area contributed by atoms with Gasteiger partial charge in [-0.3, -0.25) is 4.79 Å². The first-order valence-corrected chi connectivity index (χ1v) is 6.81. The van der Waals surface area contributed by atoms with Gasteiger partial charge in [-0.2, -0.15) is 5.26 Å². The summed E-state index contributed by atoms with van der Waals surface area (Å²) in [7, 11) is 0. The first-order valence-electron chi connectivity index (χ1n) is 6.81. The third-order valence-electron chi connectivity index (χ3n) is 3.39. The summed E-state index contributed by atoms with van der Waals surface area (Å²) in [5.74, 6) is -0.281. The third kappa shape index (κ3) is 3.30. The van der Waals surface area contributed by atoms with Gasteiger partial charge in [0.1, 0.15) is 5.82 Å². The van der Waals surface area contributed by atoms with E-state index < -0.39 is 0 Å². The van der Waals surface area contributed by atoms with E-state index in [4.69, 9.17) is 5.26 Å². The van der Waals surface area contributed by atoms with Gasteiger partial charge in [-0.1, -0.05) is 24.3 Å². The molecule has 5 heteroatoms. The highest BCUT2D eigenvalue weighted by Crippen LogP contribution is 2.26. The molecule has 0 saturated carbocycles. The zero-order chi connectivity index (χ0) is 16.1. The second-order valence-electron chi connectivity index (χ2n) is 4.88. The smallest absolute Gasteiger partial charge is 0.251 e. The highest BCUT2D eigenvalue weighted by molar-refractivity contribution is 5.99. The van der Waals surface area contributed by atoms with Crippen molar-refractivity contribution in [2.24, 2.45) is 5.73 Å². The van der Waals surface area contributed by atoms with Gasteiger partial charge in [0, 0.05) is 12.1 Å². The van der Waals surface area contributed by atoms with Crippen molar-refractivity contribution in [1.82, 2.24) is 5.32 Å². The number of hydrogen-bond donors (Lipinski definition) is 2. The van der Waals surface area contributed by atoms with E-state index in [0.717, 1.165) is 16.7 Å². The second-order valence-corrected chi connectivity index (χ2v) is 4.88. The first-order chi connectivity index (χ1) is 10.6. The minimum absolute atomic E-state index is 0.0561. The summed E-state index contributed by atoms with van der Waals surface area (Å²) in [6, 6.07) is 12.5. The van der Waals surface area contributed by atoms with Crippen molar-refractivity contribution in [3.05, 3.63) is 58.9 Å². The van der Waals surface area contributed by atoms with Crippen LogP contribution in [0.2, 0.25) is 0 Å².